The molecule has 1 unspecified atom stereocenters. The Morgan fingerprint density at radius 2 is 1.53 bits per heavy atom. The van der Waals surface area contributed by atoms with Gasteiger partial charge in [-0.05, 0) is 6.42 Å². The van der Waals surface area contributed by atoms with Crippen molar-refractivity contribution in [1.29, 1.82) is 0 Å². The molecule has 0 spiro atoms. The molecule has 0 rings (SSSR count). The molecule has 0 aliphatic rings. The van der Waals surface area contributed by atoms with Crippen molar-refractivity contribution < 1.29 is 9.59 Å². The summed E-state index contributed by atoms with van der Waals surface area (Å²) in [5, 5.41) is 0. The largest absolute Gasteiger partial charge is 0.299 e. The highest BCUT2D eigenvalue weighted by atomic mass is 16.1. The van der Waals surface area contributed by atoms with Gasteiger partial charge in [0.1, 0.15) is 11.6 Å². The molecule has 0 bridgehead atoms. The average molecular weight is 240 g/mol. The Kier molecular flexibility index (Phi) is 5.57. The van der Waals surface area contributed by atoms with Crippen LogP contribution in [0.2, 0.25) is 0 Å². The summed E-state index contributed by atoms with van der Waals surface area (Å²) in [6.07, 6.45) is 2.27. The van der Waals surface area contributed by atoms with Crippen LogP contribution >= 0.6 is 0 Å². The van der Waals surface area contributed by atoms with Gasteiger partial charge in [-0.1, -0.05) is 54.9 Å². The lowest BCUT2D eigenvalue weighted by Crippen LogP contribution is -2.32. The van der Waals surface area contributed by atoms with Crippen LogP contribution in [0.1, 0.15) is 67.7 Å². The van der Waals surface area contributed by atoms with Crippen LogP contribution in [0.25, 0.3) is 0 Å². The number of rotatable bonds is 6. The van der Waals surface area contributed by atoms with Crippen molar-refractivity contribution in [3.63, 3.8) is 0 Å². The van der Waals surface area contributed by atoms with Gasteiger partial charge in [-0.3, -0.25) is 9.59 Å². The highest BCUT2D eigenvalue weighted by molar-refractivity contribution is 5.92. The van der Waals surface area contributed by atoms with Crippen molar-refractivity contribution in [1.82, 2.24) is 0 Å². The van der Waals surface area contributed by atoms with Gasteiger partial charge in [0, 0.05) is 23.2 Å². The van der Waals surface area contributed by atoms with E-state index in [0.29, 0.717) is 6.42 Å². The molecule has 0 saturated heterocycles. The van der Waals surface area contributed by atoms with E-state index in [1.165, 1.54) is 0 Å². The number of carbonyl (C=O) groups excluding carboxylic acids is 2. The standard InChI is InChI=1S/C15H28O2/c1-8-9-15(6,7)12(16)10-11(2)13(17)14(3,4)5/h11H,8-10H2,1-7H3. The third-order valence-electron chi connectivity index (χ3n) is 3.31. The van der Waals surface area contributed by atoms with E-state index in [4.69, 9.17) is 0 Å². The minimum absolute atomic E-state index is 0.168. The van der Waals surface area contributed by atoms with E-state index in [-0.39, 0.29) is 28.3 Å². The zero-order valence-corrected chi connectivity index (χ0v) is 12.5. The molecule has 0 fully saturated rings. The van der Waals surface area contributed by atoms with Gasteiger partial charge in [-0.25, -0.2) is 0 Å². The van der Waals surface area contributed by atoms with Crippen LogP contribution in [0.4, 0.5) is 0 Å². The molecule has 1 atom stereocenters. The summed E-state index contributed by atoms with van der Waals surface area (Å²) < 4.78 is 0. The van der Waals surface area contributed by atoms with E-state index < -0.39 is 0 Å². The first-order valence-corrected chi connectivity index (χ1v) is 6.60. The summed E-state index contributed by atoms with van der Waals surface area (Å²) in [5.74, 6) is 0.223. The van der Waals surface area contributed by atoms with Crippen LogP contribution in [0.5, 0.6) is 0 Å². The molecule has 0 saturated carbocycles. The second-order valence-corrected chi connectivity index (χ2v) is 6.78. The van der Waals surface area contributed by atoms with E-state index in [1.807, 2.05) is 41.5 Å². The first kappa shape index (κ1) is 16.3. The highest BCUT2D eigenvalue weighted by Crippen LogP contribution is 2.29. The Labute approximate surface area is 106 Å². The smallest absolute Gasteiger partial charge is 0.141 e. The van der Waals surface area contributed by atoms with Crippen LogP contribution in [0, 0.1) is 16.7 Å². The Morgan fingerprint density at radius 3 is 1.88 bits per heavy atom. The number of carbonyl (C=O) groups is 2. The van der Waals surface area contributed by atoms with Crippen LogP contribution in [0.15, 0.2) is 0 Å². The normalized spacial score (nSPS) is 14.5. The fourth-order valence-electron chi connectivity index (χ4n) is 2.15. The first-order chi connectivity index (χ1) is 7.52. The maximum Gasteiger partial charge on any atom is 0.141 e. The SMILES string of the molecule is CCCC(C)(C)C(=O)CC(C)C(=O)C(C)(C)C. The molecule has 0 N–H and O–H groups in total. The molecule has 100 valence electrons. The Morgan fingerprint density at radius 1 is 1.06 bits per heavy atom. The lowest BCUT2D eigenvalue weighted by atomic mass is 9.76. The van der Waals surface area contributed by atoms with Crippen molar-refractivity contribution in [2.24, 2.45) is 16.7 Å². The van der Waals surface area contributed by atoms with Gasteiger partial charge < -0.3 is 0 Å². The molecule has 0 aliphatic carbocycles. The average Bonchev–Trinajstić information content (AvgIpc) is 2.14. The van der Waals surface area contributed by atoms with Crippen molar-refractivity contribution >= 4 is 11.6 Å². The fraction of sp³-hybridized carbons (Fsp3) is 0.867. The molecule has 0 amide bonds. The second kappa shape index (κ2) is 5.79. The maximum absolute atomic E-state index is 12.1. The topological polar surface area (TPSA) is 34.1 Å². The Bertz CT molecular complexity index is 282. The lowest BCUT2D eigenvalue weighted by Gasteiger charge is -2.26. The molecule has 0 aromatic rings. The zero-order chi connectivity index (χ0) is 13.9. The van der Waals surface area contributed by atoms with Crippen LogP contribution in [0.3, 0.4) is 0 Å². The van der Waals surface area contributed by atoms with E-state index in [1.54, 1.807) is 0 Å². The molecule has 2 heteroatoms. The first-order valence-electron chi connectivity index (χ1n) is 6.60. The molecule has 17 heavy (non-hydrogen) atoms. The minimum Gasteiger partial charge on any atom is -0.299 e. The molecule has 0 aliphatic heterocycles. The van der Waals surface area contributed by atoms with Crippen molar-refractivity contribution in [2.45, 2.75) is 67.7 Å². The predicted molar refractivity (Wildman–Crippen MR) is 71.9 cm³/mol. The Balaban J connectivity index is 4.55. The summed E-state index contributed by atoms with van der Waals surface area (Å²) in [5.41, 5.74) is -0.643. The van der Waals surface area contributed by atoms with Crippen molar-refractivity contribution in [3.05, 3.63) is 0 Å². The summed E-state index contributed by atoms with van der Waals surface area (Å²) in [6.45, 7) is 13.6. The van der Waals surface area contributed by atoms with Gasteiger partial charge in [-0.2, -0.15) is 0 Å². The van der Waals surface area contributed by atoms with Gasteiger partial charge in [0.05, 0.1) is 0 Å². The molecular weight excluding hydrogens is 212 g/mol. The van der Waals surface area contributed by atoms with Crippen molar-refractivity contribution in [2.75, 3.05) is 0 Å². The van der Waals surface area contributed by atoms with E-state index >= 15 is 0 Å². The van der Waals surface area contributed by atoms with E-state index in [2.05, 4.69) is 6.92 Å². The number of hydrogen-bond acceptors (Lipinski definition) is 2. The third kappa shape index (κ3) is 5.01. The summed E-state index contributed by atoms with van der Waals surface area (Å²) in [4.78, 5) is 24.2. The van der Waals surface area contributed by atoms with E-state index in [9.17, 15) is 9.59 Å². The summed E-state index contributed by atoms with van der Waals surface area (Å²) in [6, 6.07) is 0. The summed E-state index contributed by atoms with van der Waals surface area (Å²) in [7, 11) is 0. The maximum atomic E-state index is 12.1. The van der Waals surface area contributed by atoms with Gasteiger partial charge >= 0.3 is 0 Å². The highest BCUT2D eigenvalue weighted by Gasteiger charge is 2.32. The van der Waals surface area contributed by atoms with Gasteiger partial charge in [0.15, 0.2) is 0 Å². The van der Waals surface area contributed by atoms with Crippen molar-refractivity contribution in [3.8, 4) is 0 Å². The van der Waals surface area contributed by atoms with Gasteiger partial charge in [-0.15, -0.1) is 0 Å². The number of Topliss-reactive ketones (excluding diaryl/α,β-unsaturated/α-hetero) is 2. The van der Waals surface area contributed by atoms with Gasteiger partial charge in [0.25, 0.3) is 0 Å². The monoisotopic (exact) mass is 240 g/mol. The third-order valence-corrected chi connectivity index (χ3v) is 3.31. The fourth-order valence-corrected chi connectivity index (χ4v) is 2.15. The van der Waals surface area contributed by atoms with E-state index in [0.717, 1.165) is 12.8 Å². The molecule has 0 heterocycles. The molecule has 0 radical (unpaired) electrons. The van der Waals surface area contributed by atoms with Gasteiger partial charge in [0.2, 0.25) is 0 Å². The Hall–Kier alpha value is -0.660. The number of hydrogen-bond donors (Lipinski definition) is 0. The summed E-state index contributed by atoms with van der Waals surface area (Å²) >= 11 is 0. The minimum atomic E-state index is -0.353. The number of ketones is 2. The molecule has 0 aromatic carbocycles. The molecular formula is C15H28O2. The second-order valence-electron chi connectivity index (χ2n) is 6.78. The van der Waals surface area contributed by atoms with Crippen LogP contribution in [-0.2, 0) is 9.59 Å². The van der Waals surface area contributed by atoms with Crippen LogP contribution in [-0.4, -0.2) is 11.6 Å². The molecule has 2 nitrogen and oxygen atoms in total. The molecule has 0 aromatic heterocycles. The zero-order valence-electron chi connectivity index (χ0n) is 12.5. The lowest BCUT2D eigenvalue weighted by molar-refractivity contribution is -0.135. The van der Waals surface area contributed by atoms with Crippen LogP contribution < -0.4 is 0 Å². The quantitative estimate of drug-likeness (QED) is 0.702. The predicted octanol–water partition coefficient (Wildman–Crippen LogP) is 4.02.